The van der Waals surface area contributed by atoms with E-state index in [0.29, 0.717) is 31.1 Å². The van der Waals surface area contributed by atoms with Gasteiger partial charge in [-0.25, -0.2) is 13.4 Å². The van der Waals surface area contributed by atoms with Crippen LogP contribution in [0.1, 0.15) is 39.0 Å². The van der Waals surface area contributed by atoms with Crippen molar-refractivity contribution in [2.75, 3.05) is 43.0 Å². The van der Waals surface area contributed by atoms with Gasteiger partial charge in [0.05, 0.1) is 22.9 Å². The van der Waals surface area contributed by atoms with Crippen molar-refractivity contribution in [1.29, 1.82) is 0 Å². The largest absolute Gasteiger partial charge is 0.494 e. The van der Waals surface area contributed by atoms with Crippen LogP contribution in [0.2, 0.25) is 0 Å². The van der Waals surface area contributed by atoms with Gasteiger partial charge in [-0.3, -0.25) is 4.79 Å². The lowest BCUT2D eigenvalue weighted by Crippen LogP contribution is -2.41. The Balaban J connectivity index is 1.27. The lowest BCUT2D eigenvalue weighted by Gasteiger charge is -2.33. The summed E-state index contributed by atoms with van der Waals surface area (Å²) in [4.78, 5) is 20.3. The number of carbonyl (C=O) groups is 1. The fourth-order valence-electron chi connectivity index (χ4n) is 5.13. The highest BCUT2D eigenvalue weighted by Crippen LogP contribution is 2.28. The molecule has 3 heterocycles. The number of hydrogen-bond acceptors (Lipinski definition) is 6. The number of ether oxygens (including phenoxy) is 1. The number of piperidine rings is 2. The summed E-state index contributed by atoms with van der Waals surface area (Å²) in [6.07, 6.45) is 4.62. The third kappa shape index (κ3) is 5.72. The predicted octanol–water partition coefficient (Wildman–Crippen LogP) is 4.66. The molecule has 2 aliphatic rings. The van der Waals surface area contributed by atoms with Gasteiger partial charge < -0.3 is 15.0 Å². The van der Waals surface area contributed by atoms with Crippen molar-refractivity contribution in [2.45, 2.75) is 43.9 Å². The maximum absolute atomic E-state index is 13.1. The molecule has 1 N–H and O–H groups in total. The number of sulfonamides is 1. The van der Waals surface area contributed by atoms with Gasteiger partial charge in [-0.2, -0.15) is 4.31 Å². The van der Waals surface area contributed by atoms with Gasteiger partial charge >= 0.3 is 0 Å². The molecule has 0 bridgehead atoms. The van der Waals surface area contributed by atoms with Crippen LogP contribution in [0.25, 0.3) is 10.9 Å². The van der Waals surface area contributed by atoms with Gasteiger partial charge in [0.2, 0.25) is 15.9 Å². The molecule has 2 aliphatic heterocycles. The second-order valence-electron chi connectivity index (χ2n) is 9.72. The van der Waals surface area contributed by atoms with Crippen LogP contribution in [-0.4, -0.2) is 56.4 Å². The summed E-state index contributed by atoms with van der Waals surface area (Å²) >= 11 is 0. The molecule has 0 aliphatic carbocycles. The lowest BCUT2D eigenvalue weighted by atomic mass is 9.97. The Morgan fingerprint density at radius 1 is 1.00 bits per heavy atom. The Labute approximate surface area is 218 Å². The van der Waals surface area contributed by atoms with Gasteiger partial charge in [0.1, 0.15) is 11.6 Å². The molecule has 1 aromatic heterocycles. The number of nitrogens with one attached hydrogen (secondary N) is 1. The minimum atomic E-state index is -3.49. The van der Waals surface area contributed by atoms with Gasteiger partial charge in [-0.15, -0.1) is 0 Å². The molecule has 2 saturated heterocycles. The summed E-state index contributed by atoms with van der Waals surface area (Å²) in [6, 6.07) is 16.4. The number of nitrogens with zero attached hydrogens (tertiary/aromatic N) is 3. The van der Waals surface area contributed by atoms with Crippen molar-refractivity contribution in [2.24, 2.45) is 5.92 Å². The number of rotatable bonds is 7. The van der Waals surface area contributed by atoms with E-state index in [4.69, 9.17) is 9.72 Å². The number of amides is 1. The predicted molar refractivity (Wildman–Crippen MR) is 146 cm³/mol. The highest BCUT2D eigenvalue weighted by Gasteiger charge is 2.28. The zero-order chi connectivity index (χ0) is 25.8. The van der Waals surface area contributed by atoms with Gasteiger partial charge in [-0.05, 0) is 87.2 Å². The van der Waals surface area contributed by atoms with E-state index in [2.05, 4.69) is 10.2 Å². The molecular formula is C28H34N4O4S. The molecule has 196 valence electrons. The van der Waals surface area contributed by atoms with E-state index in [1.54, 1.807) is 22.5 Å². The first-order valence-electron chi connectivity index (χ1n) is 13.1. The molecule has 0 radical (unpaired) electrons. The van der Waals surface area contributed by atoms with Crippen LogP contribution in [0.5, 0.6) is 5.75 Å². The number of hydrogen-bond donors (Lipinski definition) is 1. The van der Waals surface area contributed by atoms with Crippen LogP contribution < -0.4 is 15.0 Å². The maximum atomic E-state index is 13.1. The third-order valence-corrected chi connectivity index (χ3v) is 9.04. The molecule has 8 nitrogen and oxygen atoms in total. The lowest BCUT2D eigenvalue weighted by molar-refractivity contribution is -0.120. The van der Waals surface area contributed by atoms with Crippen LogP contribution in [0.3, 0.4) is 0 Å². The van der Waals surface area contributed by atoms with E-state index in [1.807, 2.05) is 43.3 Å². The van der Waals surface area contributed by atoms with Crippen molar-refractivity contribution in [3.8, 4) is 5.75 Å². The Bertz CT molecular complexity index is 1350. The second kappa shape index (κ2) is 11.1. The molecule has 1 unspecified atom stereocenters. The minimum absolute atomic E-state index is 0.00205. The van der Waals surface area contributed by atoms with Gasteiger partial charge in [0.25, 0.3) is 0 Å². The molecule has 0 saturated carbocycles. The van der Waals surface area contributed by atoms with Crippen molar-refractivity contribution < 1.29 is 17.9 Å². The average Bonchev–Trinajstić information content (AvgIpc) is 2.94. The van der Waals surface area contributed by atoms with E-state index >= 15 is 0 Å². The second-order valence-corrected chi connectivity index (χ2v) is 11.7. The monoisotopic (exact) mass is 522 g/mol. The normalized spacial score (nSPS) is 19.1. The SMILES string of the molecule is CCOc1ccc(NC(=O)C2CCCN(c3ccc4cc(S(=O)(=O)N5CCCCC5)ccc4n3)C2)cc1. The van der Waals surface area contributed by atoms with Crippen molar-refractivity contribution >= 4 is 38.3 Å². The van der Waals surface area contributed by atoms with Gasteiger partial charge in [-0.1, -0.05) is 6.42 Å². The third-order valence-electron chi connectivity index (χ3n) is 7.15. The molecule has 9 heteroatoms. The minimum Gasteiger partial charge on any atom is -0.494 e. The topological polar surface area (TPSA) is 91.8 Å². The Kier molecular flexibility index (Phi) is 7.62. The van der Waals surface area contributed by atoms with Crippen molar-refractivity contribution in [3.63, 3.8) is 0 Å². The Hall–Kier alpha value is -3.17. The van der Waals surface area contributed by atoms with Crippen molar-refractivity contribution in [1.82, 2.24) is 9.29 Å². The fraction of sp³-hybridized carbons (Fsp3) is 0.429. The quantitative estimate of drug-likeness (QED) is 0.485. The maximum Gasteiger partial charge on any atom is 0.243 e. The summed E-state index contributed by atoms with van der Waals surface area (Å²) < 4.78 is 33.2. The summed E-state index contributed by atoms with van der Waals surface area (Å²) in [5, 5.41) is 3.82. The zero-order valence-electron chi connectivity index (χ0n) is 21.2. The van der Waals surface area contributed by atoms with E-state index in [1.165, 1.54) is 0 Å². The summed E-state index contributed by atoms with van der Waals surface area (Å²) in [5.41, 5.74) is 1.50. The molecule has 37 heavy (non-hydrogen) atoms. The molecule has 1 atom stereocenters. The van der Waals surface area contributed by atoms with E-state index < -0.39 is 10.0 Å². The molecule has 0 spiro atoms. The smallest absolute Gasteiger partial charge is 0.243 e. The first-order chi connectivity index (χ1) is 17.9. The molecule has 5 rings (SSSR count). The van der Waals surface area contributed by atoms with Crippen molar-refractivity contribution in [3.05, 3.63) is 54.6 Å². The standard InChI is InChI=1S/C28H34N4O4S/c1-2-36-24-11-9-23(10-12-24)29-28(33)22-7-6-16-31(20-22)27-15-8-21-19-25(13-14-26(21)30-27)37(34,35)32-17-4-3-5-18-32/h8-15,19,22H,2-7,16-18,20H2,1H3,(H,29,33). The number of fused-ring (bicyclic) bond motifs is 1. The highest BCUT2D eigenvalue weighted by molar-refractivity contribution is 7.89. The van der Waals surface area contributed by atoms with Gasteiger partial charge in [0, 0.05) is 37.3 Å². The average molecular weight is 523 g/mol. The molecule has 3 aromatic rings. The Morgan fingerprint density at radius 3 is 2.54 bits per heavy atom. The molecule has 2 fully saturated rings. The molecule has 1 amide bonds. The molecular weight excluding hydrogens is 488 g/mol. The number of aromatic nitrogens is 1. The van der Waals surface area contributed by atoms with Gasteiger partial charge in [0.15, 0.2) is 0 Å². The number of anilines is 2. The molecule has 2 aromatic carbocycles. The highest BCUT2D eigenvalue weighted by atomic mass is 32.2. The van der Waals surface area contributed by atoms with Crippen LogP contribution in [0.4, 0.5) is 11.5 Å². The summed E-state index contributed by atoms with van der Waals surface area (Å²) in [7, 11) is -3.49. The first kappa shape index (κ1) is 25.5. The fourth-order valence-corrected chi connectivity index (χ4v) is 6.68. The number of pyridine rings is 1. The van der Waals surface area contributed by atoms with E-state index in [0.717, 1.165) is 66.8 Å². The zero-order valence-corrected chi connectivity index (χ0v) is 22.0. The summed E-state index contributed by atoms with van der Waals surface area (Å²) in [5.74, 6) is 1.44. The number of benzene rings is 2. The van der Waals surface area contributed by atoms with Crippen LogP contribution in [0.15, 0.2) is 59.5 Å². The number of carbonyl (C=O) groups excluding carboxylic acids is 1. The van der Waals surface area contributed by atoms with E-state index in [9.17, 15) is 13.2 Å². The Morgan fingerprint density at radius 2 is 1.78 bits per heavy atom. The van der Waals surface area contributed by atoms with E-state index in [-0.39, 0.29) is 11.8 Å². The van der Waals surface area contributed by atoms with Crippen LogP contribution >= 0.6 is 0 Å². The van der Waals surface area contributed by atoms with Crippen LogP contribution in [-0.2, 0) is 14.8 Å². The summed E-state index contributed by atoms with van der Waals surface area (Å²) in [6.45, 7) is 5.12. The van der Waals surface area contributed by atoms with Crippen LogP contribution in [0, 0.1) is 5.92 Å². The first-order valence-corrected chi connectivity index (χ1v) is 14.6.